The van der Waals surface area contributed by atoms with E-state index in [-0.39, 0.29) is 12.5 Å². The number of amides is 2. The highest BCUT2D eigenvalue weighted by molar-refractivity contribution is 5.95. The van der Waals surface area contributed by atoms with Crippen molar-refractivity contribution in [1.29, 1.82) is 0 Å². The summed E-state index contributed by atoms with van der Waals surface area (Å²) in [5.41, 5.74) is 3.67. The maximum atomic E-state index is 13.6. The van der Waals surface area contributed by atoms with E-state index < -0.39 is 12.2 Å². The van der Waals surface area contributed by atoms with Gasteiger partial charge in [-0.2, -0.15) is 0 Å². The van der Waals surface area contributed by atoms with Crippen molar-refractivity contribution in [2.45, 2.75) is 12.6 Å². The van der Waals surface area contributed by atoms with Gasteiger partial charge in [-0.15, -0.1) is 0 Å². The zero-order valence-corrected chi connectivity index (χ0v) is 22.4. The monoisotopic (exact) mass is 552 g/mol. The van der Waals surface area contributed by atoms with Crippen molar-refractivity contribution in [2.75, 3.05) is 38.3 Å². The Bertz CT molecular complexity index is 1610. The van der Waals surface area contributed by atoms with Crippen molar-refractivity contribution in [3.63, 3.8) is 0 Å². The molecule has 4 heterocycles. The Morgan fingerprint density at radius 3 is 2.73 bits per heavy atom. The molecule has 0 radical (unpaired) electrons. The first-order valence-corrected chi connectivity index (χ1v) is 13.3. The number of carbonyl (C=O) groups excluding carboxylic acids is 2. The second-order valence-electron chi connectivity index (χ2n) is 9.60. The lowest BCUT2D eigenvalue weighted by Gasteiger charge is -2.24. The van der Waals surface area contributed by atoms with Crippen LogP contribution in [0.1, 0.15) is 11.1 Å². The van der Waals surface area contributed by atoms with Crippen molar-refractivity contribution in [3.05, 3.63) is 90.1 Å². The summed E-state index contributed by atoms with van der Waals surface area (Å²) in [5, 5.41) is 0. The van der Waals surface area contributed by atoms with E-state index in [2.05, 4.69) is 9.97 Å². The molecule has 2 aromatic heterocycles. The summed E-state index contributed by atoms with van der Waals surface area (Å²) >= 11 is 0. The Morgan fingerprint density at radius 2 is 1.90 bits per heavy atom. The van der Waals surface area contributed by atoms with E-state index >= 15 is 0 Å². The molecule has 0 aliphatic carbocycles. The van der Waals surface area contributed by atoms with E-state index in [1.165, 1.54) is 6.08 Å². The molecule has 2 aliphatic rings. The van der Waals surface area contributed by atoms with Crippen LogP contribution in [0.25, 0.3) is 17.1 Å². The van der Waals surface area contributed by atoms with Gasteiger partial charge in [0.1, 0.15) is 19.3 Å². The number of anilines is 1. The van der Waals surface area contributed by atoms with E-state index in [1.807, 2.05) is 36.4 Å². The van der Waals surface area contributed by atoms with Gasteiger partial charge in [-0.1, -0.05) is 30.3 Å². The summed E-state index contributed by atoms with van der Waals surface area (Å²) in [4.78, 5) is 38.5. The first-order valence-electron chi connectivity index (χ1n) is 13.3. The fourth-order valence-electron chi connectivity index (χ4n) is 4.85. The molecule has 0 unspecified atom stereocenters. The molecular formula is C31H28N4O6. The third-order valence-electron chi connectivity index (χ3n) is 6.87. The fourth-order valence-corrected chi connectivity index (χ4v) is 4.85. The fraction of sp³-hybridized carbons (Fsp3) is 0.226. The molecular weight excluding hydrogens is 524 g/mol. The van der Waals surface area contributed by atoms with Crippen molar-refractivity contribution in [1.82, 2.24) is 14.9 Å². The number of methoxy groups -OCH3 is 1. The molecule has 0 N–H and O–H groups in total. The summed E-state index contributed by atoms with van der Waals surface area (Å²) in [6.45, 7) is 1.80. The van der Waals surface area contributed by atoms with Gasteiger partial charge in [0.25, 0.3) is 0 Å². The molecule has 41 heavy (non-hydrogen) atoms. The van der Waals surface area contributed by atoms with Gasteiger partial charge in [-0.3, -0.25) is 14.7 Å². The molecule has 1 atom stereocenters. The molecule has 0 saturated carbocycles. The van der Waals surface area contributed by atoms with Gasteiger partial charge in [0, 0.05) is 36.5 Å². The molecule has 1 saturated heterocycles. The molecule has 0 spiro atoms. The summed E-state index contributed by atoms with van der Waals surface area (Å²) < 4.78 is 22.2. The van der Waals surface area contributed by atoms with Crippen LogP contribution in [-0.4, -0.2) is 66.4 Å². The van der Waals surface area contributed by atoms with E-state index in [1.54, 1.807) is 59.5 Å². The number of cyclic esters (lactones) is 1. The number of rotatable bonds is 8. The van der Waals surface area contributed by atoms with Crippen molar-refractivity contribution >= 4 is 34.8 Å². The SMILES string of the molecule is COc1ccc2nccc(C=CC(=O)N(Cc3ccccc3)C[C@@H]3CN(c4ccc5c(c4)OCCO5)C(=O)O3)c2n1. The van der Waals surface area contributed by atoms with Gasteiger partial charge in [0.05, 0.1) is 36.9 Å². The molecule has 10 nitrogen and oxygen atoms in total. The second kappa shape index (κ2) is 11.5. The van der Waals surface area contributed by atoms with Crippen LogP contribution >= 0.6 is 0 Å². The average molecular weight is 553 g/mol. The van der Waals surface area contributed by atoms with Crippen LogP contribution in [0.15, 0.2) is 79.0 Å². The number of aromatic nitrogens is 2. The largest absolute Gasteiger partial charge is 0.486 e. The van der Waals surface area contributed by atoms with Gasteiger partial charge in [0.2, 0.25) is 11.8 Å². The Hall–Kier alpha value is -5.12. The van der Waals surface area contributed by atoms with Crippen LogP contribution in [0, 0.1) is 0 Å². The Balaban J connectivity index is 1.21. The predicted octanol–water partition coefficient (Wildman–Crippen LogP) is 4.48. The third-order valence-corrected chi connectivity index (χ3v) is 6.87. The van der Waals surface area contributed by atoms with Gasteiger partial charge in [-0.25, -0.2) is 9.78 Å². The molecule has 2 aliphatic heterocycles. The Morgan fingerprint density at radius 1 is 1.07 bits per heavy atom. The number of pyridine rings is 2. The highest BCUT2D eigenvalue weighted by atomic mass is 16.6. The van der Waals surface area contributed by atoms with Gasteiger partial charge in [0.15, 0.2) is 11.5 Å². The number of ether oxygens (including phenoxy) is 4. The van der Waals surface area contributed by atoms with Crippen LogP contribution in [-0.2, 0) is 16.1 Å². The van der Waals surface area contributed by atoms with Crippen LogP contribution in [0.2, 0.25) is 0 Å². The number of carbonyl (C=O) groups is 2. The van der Waals surface area contributed by atoms with E-state index in [0.717, 1.165) is 11.1 Å². The molecule has 4 aromatic rings. The maximum Gasteiger partial charge on any atom is 0.414 e. The van der Waals surface area contributed by atoms with Crippen molar-refractivity contribution in [3.8, 4) is 17.4 Å². The number of hydrogen-bond acceptors (Lipinski definition) is 8. The Kier molecular flexibility index (Phi) is 7.36. The van der Waals surface area contributed by atoms with Gasteiger partial charge in [-0.05, 0) is 35.9 Å². The molecule has 1 fully saturated rings. The lowest BCUT2D eigenvalue weighted by Crippen LogP contribution is -2.38. The molecule has 0 bridgehead atoms. The first kappa shape index (κ1) is 26.1. The minimum Gasteiger partial charge on any atom is -0.486 e. The summed E-state index contributed by atoms with van der Waals surface area (Å²) in [7, 11) is 1.55. The van der Waals surface area contributed by atoms with E-state index in [0.29, 0.717) is 60.4 Å². The number of benzene rings is 2. The smallest absolute Gasteiger partial charge is 0.414 e. The van der Waals surface area contributed by atoms with E-state index in [9.17, 15) is 9.59 Å². The maximum absolute atomic E-state index is 13.6. The third kappa shape index (κ3) is 5.76. The minimum atomic E-state index is -0.524. The molecule has 208 valence electrons. The topological polar surface area (TPSA) is 103 Å². The molecule has 2 amide bonds. The summed E-state index contributed by atoms with van der Waals surface area (Å²) in [6.07, 6.45) is 3.90. The Labute approximate surface area is 236 Å². The zero-order valence-electron chi connectivity index (χ0n) is 22.4. The minimum absolute atomic E-state index is 0.216. The predicted molar refractivity (Wildman–Crippen MR) is 152 cm³/mol. The standard InChI is InChI=1S/C31H28N4O6/c1-38-28-11-9-25-30(33-28)22(13-14-32-25)7-12-29(36)34(18-21-5-3-2-4-6-21)19-24-20-35(31(37)41-24)23-8-10-26-27(17-23)40-16-15-39-26/h2-14,17,24H,15-16,18-20H2,1H3/t24-/m1/s1. The highest BCUT2D eigenvalue weighted by Crippen LogP contribution is 2.35. The van der Waals surface area contributed by atoms with Gasteiger partial charge < -0.3 is 23.8 Å². The average Bonchev–Trinajstić information content (AvgIpc) is 3.39. The lowest BCUT2D eigenvalue weighted by atomic mass is 10.1. The van der Waals surface area contributed by atoms with Crippen LogP contribution in [0.5, 0.6) is 17.4 Å². The molecule has 10 heteroatoms. The number of nitrogens with zero attached hydrogens (tertiary/aromatic N) is 4. The zero-order chi connectivity index (χ0) is 28.2. The molecule has 2 aromatic carbocycles. The van der Waals surface area contributed by atoms with Crippen molar-refractivity contribution in [2.24, 2.45) is 0 Å². The number of hydrogen-bond donors (Lipinski definition) is 0. The second-order valence-corrected chi connectivity index (χ2v) is 9.60. The van der Waals surface area contributed by atoms with E-state index in [4.69, 9.17) is 18.9 Å². The van der Waals surface area contributed by atoms with Crippen molar-refractivity contribution < 1.29 is 28.5 Å². The number of fused-ring (bicyclic) bond motifs is 2. The first-order chi connectivity index (χ1) is 20.1. The van der Waals surface area contributed by atoms with Crippen LogP contribution < -0.4 is 19.1 Å². The van der Waals surface area contributed by atoms with Crippen LogP contribution in [0.4, 0.5) is 10.5 Å². The van der Waals surface area contributed by atoms with Gasteiger partial charge >= 0.3 is 6.09 Å². The normalized spacial score (nSPS) is 16.2. The van der Waals surface area contributed by atoms with Crippen LogP contribution in [0.3, 0.4) is 0 Å². The summed E-state index contributed by atoms with van der Waals surface area (Å²) in [6, 6.07) is 20.4. The quantitative estimate of drug-likeness (QED) is 0.295. The highest BCUT2D eigenvalue weighted by Gasteiger charge is 2.35. The summed E-state index contributed by atoms with van der Waals surface area (Å²) in [5.74, 6) is 1.47. The molecule has 6 rings (SSSR count). The lowest BCUT2D eigenvalue weighted by molar-refractivity contribution is -0.127.